The summed E-state index contributed by atoms with van der Waals surface area (Å²) < 4.78 is 5.50. The first-order valence-corrected chi connectivity index (χ1v) is 11.1. The van der Waals surface area contributed by atoms with Crippen LogP contribution in [0.3, 0.4) is 0 Å². The largest absolute Gasteiger partial charge is 0.495 e. The molecule has 1 aromatic rings. The Bertz CT molecular complexity index is 645. The molecule has 2 saturated carbocycles. The molecule has 2 atom stereocenters. The predicted molar refractivity (Wildman–Crippen MR) is 113 cm³/mol. The highest BCUT2D eigenvalue weighted by Gasteiger charge is 2.39. The van der Waals surface area contributed by atoms with Gasteiger partial charge in [0.05, 0.1) is 12.8 Å². The zero-order valence-corrected chi connectivity index (χ0v) is 17.2. The van der Waals surface area contributed by atoms with Crippen LogP contribution in [-0.2, 0) is 4.79 Å². The molecule has 3 fully saturated rings. The molecule has 0 bridgehead atoms. The molecule has 1 saturated heterocycles. The number of para-hydroxylation sites is 2. The second-order valence-electron chi connectivity index (χ2n) is 8.76. The van der Waals surface area contributed by atoms with Gasteiger partial charge in [-0.25, -0.2) is 0 Å². The zero-order chi connectivity index (χ0) is 19.3. The fraction of sp³-hybridized carbons (Fsp3) is 0.696. The summed E-state index contributed by atoms with van der Waals surface area (Å²) in [6.45, 7) is 6.07. The van der Waals surface area contributed by atoms with Gasteiger partial charge in [0.15, 0.2) is 0 Å². The lowest BCUT2D eigenvalue weighted by molar-refractivity contribution is -0.125. The fourth-order valence-corrected chi connectivity index (χ4v) is 5.54. The average Bonchev–Trinajstić information content (AvgIpc) is 3.34. The van der Waals surface area contributed by atoms with E-state index < -0.39 is 0 Å². The van der Waals surface area contributed by atoms with Crippen molar-refractivity contribution in [3.63, 3.8) is 0 Å². The first-order chi connectivity index (χ1) is 13.7. The number of nitrogens with one attached hydrogen (secondary N) is 1. The molecule has 1 aliphatic heterocycles. The van der Waals surface area contributed by atoms with Crippen molar-refractivity contribution < 1.29 is 9.53 Å². The fourth-order valence-electron chi connectivity index (χ4n) is 5.54. The number of methoxy groups -OCH3 is 1. The summed E-state index contributed by atoms with van der Waals surface area (Å²) in [7, 11) is 1.74. The van der Waals surface area contributed by atoms with Crippen molar-refractivity contribution in [2.24, 2.45) is 17.8 Å². The van der Waals surface area contributed by atoms with E-state index in [0.29, 0.717) is 11.8 Å². The first-order valence-electron chi connectivity index (χ1n) is 11.1. The molecule has 1 amide bonds. The standard InChI is InChI=1S/C23H35N3O2/c1-28-22-9-3-2-8-21(22)26-14-12-25(13-15-26)11-5-10-24-23(27)20-16-18-6-4-7-19(18)17-20/h2-3,8-9,18-20H,4-7,10-17H2,1H3,(H,24,27). The number of rotatable bonds is 7. The Labute approximate surface area is 169 Å². The van der Waals surface area contributed by atoms with Crippen molar-refractivity contribution in [2.45, 2.75) is 38.5 Å². The summed E-state index contributed by atoms with van der Waals surface area (Å²) in [4.78, 5) is 17.4. The molecular weight excluding hydrogens is 350 g/mol. The van der Waals surface area contributed by atoms with Crippen LogP contribution in [-0.4, -0.2) is 57.2 Å². The lowest BCUT2D eigenvalue weighted by atomic mass is 10.0. The number of nitrogens with zero attached hydrogens (tertiary/aromatic N) is 2. The van der Waals surface area contributed by atoms with E-state index in [-0.39, 0.29) is 0 Å². The molecule has 5 nitrogen and oxygen atoms in total. The van der Waals surface area contributed by atoms with Gasteiger partial charge < -0.3 is 15.0 Å². The van der Waals surface area contributed by atoms with Gasteiger partial charge in [-0.2, -0.15) is 0 Å². The van der Waals surface area contributed by atoms with Gasteiger partial charge in [0.1, 0.15) is 5.75 Å². The topological polar surface area (TPSA) is 44.8 Å². The van der Waals surface area contributed by atoms with E-state index in [1.165, 1.54) is 24.9 Å². The van der Waals surface area contributed by atoms with Gasteiger partial charge in [-0.15, -0.1) is 0 Å². The number of carbonyl (C=O) groups excluding carboxylic acids is 1. The van der Waals surface area contributed by atoms with Gasteiger partial charge in [-0.3, -0.25) is 9.69 Å². The highest BCUT2D eigenvalue weighted by molar-refractivity contribution is 5.79. The highest BCUT2D eigenvalue weighted by atomic mass is 16.5. The number of benzene rings is 1. The Morgan fingerprint density at radius 2 is 1.82 bits per heavy atom. The van der Waals surface area contributed by atoms with Gasteiger partial charge in [-0.05, 0) is 49.8 Å². The SMILES string of the molecule is COc1ccccc1N1CCN(CCCNC(=O)C2CC3CCCC3C2)CC1. The van der Waals surface area contributed by atoms with Gasteiger partial charge in [0.2, 0.25) is 5.91 Å². The summed E-state index contributed by atoms with van der Waals surface area (Å²) in [5.74, 6) is 3.25. The van der Waals surface area contributed by atoms with Crippen LogP contribution in [0.15, 0.2) is 24.3 Å². The van der Waals surface area contributed by atoms with E-state index in [1.54, 1.807) is 7.11 Å². The second-order valence-corrected chi connectivity index (χ2v) is 8.76. The Morgan fingerprint density at radius 3 is 2.54 bits per heavy atom. The molecule has 2 unspecified atom stereocenters. The highest BCUT2D eigenvalue weighted by Crippen LogP contribution is 2.46. The van der Waals surface area contributed by atoms with Gasteiger partial charge in [0.25, 0.3) is 0 Å². The number of piperazine rings is 1. The zero-order valence-electron chi connectivity index (χ0n) is 17.2. The normalized spacial score (nSPS) is 27.6. The number of hydrogen-bond acceptors (Lipinski definition) is 4. The van der Waals surface area contributed by atoms with E-state index in [0.717, 1.165) is 76.1 Å². The molecule has 0 aromatic heterocycles. The summed E-state index contributed by atoms with van der Waals surface area (Å²) in [6.07, 6.45) is 7.42. The molecule has 1 aromatic carbocycles. The lowest BCUT2D eigenvalue weighted by Crippen LogP contribution is -2.47. The van der Waals surface area contributed by atoms with Crippen molar-refractivity contribution in [2.75, 3.05) is 51.3 Å². The maximum absolute atomic E-state index is 12.4. The molecule has 5 heteroatoms. The second kappa shape index (κ2) is 9.17. The number of fused-ring (bicyclic) bond motifs is 1. The minimum atomic E-state index is 0.291. The Hall–Kier alpha value is -1.75. The molecule has 1 N–H and O–H groups in total. The summed E-state index contributed by atoms with van der Waals surface area (Å²) in [5.41, 5.74) is 1.19. The van der Waals surface area contributed by atoms with Gasteiger partial charge in [0, 0.05) is 38.6 Å². The van der Waals surface area contributed by atoms with Crippen LogP contribution in [0.25, 0.3) is 0 Å². The number of amides is 1. The van der Waals surface area contributed by atoms with Crippen molar-refractivity contribution in [3.8, 4) is 5.75 Å². The van der Waals surface area contributed by atoms with E-state index in [1.807, 2.05) is 12.1 Å². The third kappa shape index (κ3) is 4.45. The molecule has 3 aliphatic rings. The summed E-state index contributed by atoms with van der Waals surface area (Å²) in [6, 6.07) is 8.26. The van der Waals surface area contributed by atoms with Crippen LogP contribution in [0.1, 0.15) is 38.5 Å². The van der Waals surface area contributed by atoms with Crippen molar-refractivity contribution in [1.29, 1.82) is 0 Å². The first kappa shape index (κ1) is 19.6. The quantitative estimate of drug-likeness (QED) is 0.733. The molecule has 1 heterocycles. The molecule has 28 heavy (non-hydrogen) atoms. The maximum atomic E-state index is 12.4. The number of anilines is 1. The summed E-state index contributed by atoms with van der Waals surface area (Å²) >= 11 is 0. The van der Waals surface area contributed by atoms with Gasteiger partial charge >= 0.3 is 0 Å². The Balaban J connectivity index is 1.13. The van der Waals surface area contributed by atoms with Crippen LogP contribution < -0.4 is 15.0 Å². The molecule has 154 valence electrons. The van der Waals surface area contributed by atoms with E-state index in [4.69, 9.17) is 4.74 Å². The smallest absolute Gasteiger partial charge is 0.223 e. The molecule has 0 radical (unpaired) electrons. The monoisotopic (exact) mass is 385 g/mol. The van der Waals surface area contributed by atoms with E-state index in [2.05, 4.69) is 27.2 Å². The van der Waals surface area contributed by atoms with Crippen molar-refractivity contribution in [3.05, 3.63) is 24.3 Å². The number of hydrogen-bond donors (Lipinski definition) is 1. The molecule has 2 aliphatic carbocycles. The van der Waals surface area contributed by atoms with Crippen LogP contribution in [0.5, 0.6) is 5.75 Å². The van der Waals surface area contributed by atoms with Crippen LogP contribution in [0.4, 0.5) is 5.69 Å². The third-order valence-corrected chi connectivity index (χ3v) is 7.11. The minimum Gasteiger partial charge on any atom is -0.495 e. The van der Waals surface area contributed by atoms with Crippen LogP contribution in [0, 0.1) is 17.8 Å². The van der Waals surface area contributed by atoms with Crippen molar-refractivity contribution in [1.82, 2.24) is 10.2 Å². The number of carbonyl (C=O) groups is 1. The molecule has 4 rings (SSSR count). The van der Waals surface area contributed by atoms with Crippen LogP contribution >= 0.6 is 0 Å². The minimum absolute atomic E-state index is 0.291. The lowest BCUT2D eigenvalue weighted by Gasteiger charge is -2.36. The van der Waals surface area contributed by atoms with Crippen molar-refractivity contribution >= 4 is 11.6 Å². The average molecular weight is 386 g/mol. The third-order valence-electron chi connectivity index (χ3n) is 7.11. The number of ether oxygens (including phenoxy) is 1. The predicted octanol–water partition coefficient (Wildman–Crippen LogP) is 3.15. The van der Waals surface area contributed by atoms with E-state index >= 15 is 0 Å². The Kier molecular flexibility index (Phi) is 6.40. The van der Waals surface area contributed by atoms with E-state index in [9.17, 15) is 4.79 Å². The van der Waals surface area contributed by atoms with Crippen LogP contribution in [0.2, 0.25) is 0 Å². The molecule has 0 spiro atoms. The van der Waals surface area contributed by atoms with Gasteiger partial charge in [-0.1, -0.05) is 31.4 Å². The Morgan fingerprint density at radius 1 is 1.11 bits per heavy atom. The summed E-state index contributed by atoms with van der Waals surface area (Å²) in [5, 5.41) is 3.21. The maximum Gasteiger partial charge on any atom is 0.223 e. The molecular formula is C23H35N3O2.